The van der Waals surface area contributed by atoms with Crippen LogP contribution in [-0.2, 0) is 14.4 Å². The predicted molar refractivity (Wildman–Crippen MR) is 113 cm³/mol. The Balaban J connectivity index is 1.46. The Labute approximate surface area is 173 Å². The van der Waals surface area contributed by atoms with Gasteiger partial charge in [0.1, 0.15) is 5.75 Å². The zero-order valence-electron chi connectivity index (χ0n) is 17.5. The highest BCUT2D eigenvalue weighted by atomic mass is 16.5. The van der Waals surface area contributed by atoms with E-state index in [0.29, 0.717) is 17.9 Å². The third kappa shape index (κ3) is 5.46. The highest BCUT2D eigenvalue weighted by Crippen LogP contribution is 2.40. The number of unbranched alkanes of at least 4 members (excludes halogenated alkanes) is 6. The number of esters is 1. The Hall–Kier alpha value is -2.17. The van der Waals surface area contributed by atoms with Gasteiger partial charge in [0.05, 0.1) is 17.5 Å². The maximum absolute atomic E-state index is 12.7. The summed E-state index contributed by atoms with van der Waals surface area (Å²) in [5, 5.41) is 0. The molecule has 0 spiro atoms. The molecule has 1 aromatic carbocycles. The number of benzene rings is 1. The lowest BCUT2D eigenvalue weighted by molar-refractivity contribution is -0.134. The minimum atomic E-state index is -0.231. The van der Waals surface area contributed by atoms with Crippen molar-refractivity contribution in [2.45, 2.75) is 84.0 Å². The molecule has 5 heteroatoms. The van der Waals surface area contributed by atoms with E-state index in [0.717, 1.165) is 38.5 Å². The van der Waals surface area contributed by atoms with E-state index >= 15 is 0 Å². The molecule has 2 amide bonds. The summed E-state index contributed by atoms with van der Waals surface area (Å²) in [4.78, 5) is 38.7. The van der Waals surface area contributed by atoms with E-state index < -0.39 is 0 Å². The molecule has 2 aliphatic rings. The van der Waals surface area contributed by atoms with E-state index in [4.69, 9.17) is 4.74 Å². The van der Waals surface area contributed by atoms with E-state index in [2.05, 4.69) is 6.92 Å². The minimum Gasteiger partial charge on any atom is -0.427 e. The number of ether oxygens (including phenoxy) is 1. The summed E-state index contributed by atoms with van der Waals surface area (Å²) >= 11 is 0. The number of anilines is 1. The number of hydrogen-bond donors (Lipinski definition) is 0. The zero-order valence-corrected chi connectivity index (χ0v) is 17.5. The summed E-state index contributed by atoms with van der Waals surface area (Å²) in [6.45, 7) is 2.20. The van der Waals surface area contributed by atoms with Crippen molar-refractivity contribution in [1.29, 1.82) is 0 Å². The van der Waals surface area contributed by atoms with Crippen LogP contribution in [0.25, 0.3) is 0 Å². The largest absolute Gasteiger partial charge is 0.427 e. The highest BCUT2D eigenvalue weighted by Gasteiger charge is 2.48. The summed E-state index contributed by atoms with van der Waals surface area (Å²) in [5.41, 5.74) is 0.571. The number of fused-ring (bicyclic) bond motifs is 1. The van der Waals surface area contributed by atoms with Crippen LogP contribution >= 0.6 is 0 Å². The van der Waals surface area contributed by atoms with Gasteiger partial charge in [0.25, 0.3) is 0 Å². The Morgan fingerprint density at radius 1 is 0.897 bits per heavy atom. The lowest BCUT2D eigenvalue weighted by Gasteiger charge is -2.19. The standard InChI is InChI=1S/C24H33NO4/c1-2-3-4-5-6-7-8-13-22(26)29-19-16-14-18(15-17-19)25-23(27)20-11-9-10-12-21(20)24(25)28/h14-17,20-21H,2-13H2,1H3/t20-,21+. The summed E-state index contributed by atoms with van der Waals surface area (Å²) < 4.78 is 5.40. The first-order chi connectivity index (χ1) is 14.1. The Morgan fingerprint density at radius 3 is 2.03 bits per heavy atom. The van der Waals surface area contributed by atoms with Gasteiger partial charge in [0.15, 0.2) is 0 Å². The van der Waals surface area contributed by atoms with Crippen LogP contribution in [-0.4, -0.2) is 17.8 Å². The van der Waals surface area contributed by atoms with Gasteiger partial charge in [-0.05, 0) is 43.5 Å². The second-order valence-electron chi connectivity index (χ2n) is 8.35. The molecule has 5 nitrogen and oxygen atoms in total. The van der Waals surface area contributed by atoms with Crippen LogP contribution in [0.5, 0.6) is 5.75 Å². The maximum atomic E-state index is 12.7. The van der Waals surface area contributed by atoms with Gasteiger partial charge >= 0.3 is 5.97 Å². The highest BCUT2D eigenvalue weighted by molar-refractivity contribution is 6.22. The average Bonchev–Trinajstić information content (AvgIpc) is 2.99. The Morgan fingerprint density at radius 2 is 1.45 bits per heavy atom. The molecular weight excluding hydrogens is 366 g/mol. The predicted octanol–water partition coefficient (Wildman–Crippen LogP) is 5.41. The van der Waals surface area contributed by atoms with Crippen LogP contribution < -0.4 is 9.64 Å². The molecule has 2 fully saturated rings. The zero-order chi connectivity index (χ0) is 20.6. The van der Waals surface area contributed by atoms with Crippen LogP contribution in [0.3, 0.4) is 0 Å². The first-order valence-corrected chi connectivity index (χ1v) is 11.3. The number of hydrogen-bond acceptors (Lipinski definition) is 4. The molecule has 1 aliphatic carbocycles. The molecule has 1 saturated heterocycles. The second kappa shape index (κ2) is 10.6. The molecule has 158 valence electrons. The normalized spacial score (nSPS) is 21.3. The molecule has 0 radical (unpaired) electrons. The Bertz CT molecular complexity index is 688. The third-order valence-electron chi connectivity index (χ3n) is 6.15. The van der Waals surface area contributed by atoms with Crippen molar-refractivity contribution in [2.24, 2.45) is 11.8 Å². The molecule has 1 heterocycles. The molecular formula is C24H33NO4. The molecule has 0 unspecified atom stereocenters. The monoisotopic (exact) mass is 399 g/mol. The number of rotatable bonds is 10. The fourth-order valence-corrected chi connectivity index (χ4v) is 4.49. The number of imide groups is 1. The van der Waals surface area contributed by atoms with Gasteiger partial charge in [-0.2, -0.15) is 0 Å². The van der Waals surface area contributed by atoms with Gasteiger partial charge in [-0.15, -0.1) is 0 Å². The maximum Gasteiger partial charge on any atom is 0.311 e. The lowest BCUT2D eigenvalue weighted by atomic mass is 9.81. The summed E-state index contributed by atoms with van der Waals surface area (Å²) in [7, 11) is 0. The van der Waals surface area contributed by atoms with Crippen molar-refractivity contribution in [3.8, 4) is 5.75 Å². The quantitative estimate of drug-likeness (QED) is 0.228. The number of carbonyl (C=O) groups is 3. The van der Waals surface area contributed by atoms with Crippen LogP contribution in [0.1, 0.15) is 84.0 Å². The lowest BCUT2D eigenvalue weighted by Crippen LogP contribution is -2.30. The Kier molecular flexibility index (Phi) is 7.84. The summed E-state index contributed by atoms with van der Waals surface area (Å²) in [5.74, 6) is -0.248. The minimum absolute atomic E-state index is 0.0802. The van der Waals surface area contributed by atoms with Crippen molar-refractivity contribution in [2.75, 3.05) is 4.90 Å². The fourth-order valence-electron chi connectivity index (χ4n) is 4.49. The van der Waals surface area contributed by atoms with Crippen molar-refractivity contribution < 1.29 is 19.1 Å². The van der Waals surface area contributed by atoms with E-state index in [1.165, 1.54) is 37.0 Å². The first-order valence-electron chi connectivity index (χ1n) is 11.3. The average molecular weight is 400 g/mol. The van der Waals surface area contributed by atoms with Crippen LogP contribution in [0.2, 0.25) is 0 Å². The van der Waals surface area contributed by atoms with Crippen molar-refractivity contribution in [1.82, 2.24) is 0 Å². The molecule has 0 bridgehead atoms. The molecule has 3 rings (SSSR count). The molecule has 2 atom stereocenters. The molecule has 1 saturated carbocycles. The third-order valence-corrected chi connectivity index (χ3v) is 6.15. The number of nitrogens with zero attached hydrogens (tertiary/aromatic N) is 1. The molecule has 0 aromatic heterocycles. The fraction of sp³-hybridized carbons (Fsp3) is 0.625. The second-order valence-corrected chi connectivity index (χ2v) is 8.35. The molecule has 29 heavy (non-hydrogen) atoms. The van der Waals surface area contributed by atoms with E-state index in [1.807, 2.05) is 0 Å². The van der Waals surface area contributed by atoms with E-state index in [-0.39, 0.29) is 29.6 Å². The first kappa shape index (κ1) is 21.5. The van der Waals surface area contributed by atoms with Gasteiger partial charge in [0, 0.05) is 6.42 Å². The van der Waals surface area contributed by atoms with Crippen molar-refractivity contribution >= 4 is 23.5 Å². The van der Waals surface area contributed by atoms with Crippen molar-refractivity contribution in [3.63, 3.8) is 0 Å². The van der Waals surface area contributed by atoms with E-state index in [9.17, 15) is 14.4 Å². The molecule has 1 aromatic rings. The van der Waals surface area contributed by atoms with Gasteiger partial charge in [0.2, 0.25) is 11.8 Å². The molecule has 0 N–H and O–H groups in total. The van der Waals surface area contributed by atoms with Crippen molar-refractivity contribution in [3.05, 3.63) is 24.3 Å². The van der Waals surface area contributed by atoms with Crippen LogP contribution in [0, 0.1) is 11.8 Å². The summed E-state index contributed by atoms with van der Waals surface area (Å²) in [6.07, 6.45) is 12.2. The van der Waals surface area contributed by atoms with Gasteiger partial charge in [-0.1, -0.05) is 58.3 Å². The SMILES string of the molecule is CCCCCCCCCC(=O)Oc1ccc(N2C(=O)[C@H]3CCCC[C@H]3C2=O)cc1. The topological polar surface area (TPSA) is 63.7 Å². The van der Waals surface area contributed by atoms with Crippen LogP contribution in [0.15, 0.2) is 24.3 Å². The number of carbonyl (C=O) groups excluding carboxylic acids is 3. The summed E-state index contributed by atoms with van der Waals surface area (Å²) in [6, 6.07) is 6.73. The number of amides is 2. The van der Waals surface area contributed by atoms with Gasteiger partial charge < -0.3 is 4.74 Å². The van der Waals surface area contributed by atoms with Gasteiger partial charge in [-0.3, -0.25) is 19.3 Å². The van der Waals surface area contributed by atoms with E-state index in [1.54, 1.807) is 24.3 Å². The van der Waals surface area contributed by atoms with Gasteiger partial charge in [-0.25, -0.2) is 0 Å². The molecule has 1 aliphatic heterocycles. The van der Waals surface area contributed by atoms with Crippen LogP contribution in [0.4, 0.5) is 5.69 Å². The smallest absolute Gasteiger partial charge is 0.311 e.